The van der Waals surface area contributed by atoms with Crippen LogP contribution in [0, 0.1) is 5.82 Å². The number of nitrogens with zero attached hydrogens (tertiary/aromatic N) is 3. The molecule has 0 aliphatic heterocycles. The molecule has 26 heavy (non-hydrogen) atoms. The lowest BCUT2D eigenvalue weighted by Crippen LogP contribution is -2.27. The van der Waals surface area contributed by atoms with Gasteiger partial charge in [0.25, 0.3) is 5.91 Å². The van der Waals surface area contributed by atoms with Gasteiger partial charge in [0.2, 0.25) is 0 Å². The SMILES string of the molecule is CN(Cc1ccc(Br)s1)C(=O)c1nn(-c2ccc(F)cc2)c2c1CCC2. The molecule has 0 N–H and O–H groups in total. The maximum absolute atomic E-state index is 13.2. The molecule has 134 valence electrons. The summed E-state index contributed by atoms with van der Waals surface area (Å²) in [6.45, 7) is 0.549. The zero-order chi connectivity index (χ0) is 18.3. The highest BCUT2D eigenvalue weighted by molar-refractivity contribution is 9.11. The monoisotopic (exact) mass is 433 g/mol. The number of hydrogen-bond donors (Lipinski definition) is 0. The Morgan fingerprint density at radius 1 is 1.27 bits per heavy atom. The van der Waals surface area contributed by atoms with E-state index in [1.807, 2.05) is 12.1 Å². The van der Waals surface area contributed by atoms with E-state index in [9.17, 15) is 9.18 Å². The molecule has 1 amide bonds. The predicted molar refractivity (Wildman–Crippen MR) is 103 cm³/mol. The summed E-state index contributed by atoms with van der Waals surface area (Å²) in [5.74, 6) is -0.357. The van der Waals surface area contributed by atoms with E-state index < -0.39 is 0 Å². The van der Waals surface area contributed by atoms with E-state index in [1.54, 1.807) is 40.1 Å². The second-order valence-electron chi connectivity index (χ2n) is 6.38. The smallest absolute Gasteiger partial charge is 0.274 e. The van der Waals surface area contributed by atoms with Gasteiger partial charge >= 0.3 is 0 Å². The van der Waals surface area contributed by atoms with Gasteiger partial charge in [0, 0.05) is 23.2 Å². The molecule has 0 bridgehead atoms. The lowest BCUT2D eigenvalue weighted by atomic mass is 10.2. The Kier molecular flexibility index (Phi) is 4.67. The van der Waals surface area contributed by atoms with Crippen LogP contribution in [0.25, 0.3) is 5.69 Å². The summed E-state index contributed by atoms with van der Waals surface area (Å²) < 4.78 is 16.1. The number of carbonyl (C=O) groups excluding carboxylic acids is 1. The van der Waals surface area contributed by atoms with Crippen LogP contribution in [0.1, 0.15) is 33.0 Å². The Bertz CT molecular complexity index is 964. The summed E-state index contributed by atoms with van der Waals surface area (Å²) in [4.78, 5) is 15.8. The van der Waals surface area contributed by atoms with E-state index in [4.69, 9.17) is 0 Å². The van der Waals surface area contributed by atoms with Crippen molar-refractivity contribution in [2.45, 2.75) is 25.8 Å². The molecule has 4 nitrogen and oxygen atoms in total. The van der Waals surface area contributed by atoms with Crippen molar-refractivity contribution in [3.05, 3.63) is 67.8 Å². The zero-order valence-corrected chi connectivity index (χ0v) is 16.6. The molecule has 0 unspecified atom stereocenters. The Hall–Kier alpha value is -1.99. The van der Waals surface area contributed by atoms with Gasteiger partial charge in [-0.3, -0.25) is 4.79 Å². The normalized spacial score (nSPS) is 13.0. The molecule has 0 saturated heterocycles. The lowest BCUT2D eigenvalue weighted by molar-refractivity contribution is 0.0779. The molecule has 2 heterocycles. The minimum atomic E-state index is -0.282. The molecule has 1 aromatic carbocycles. The van der Waals surface area contributed by atoms with Crippen molar-refractivity contribution in [2.75, 3.05) is 7.05 Å². The molecule has 0 fully saturated rings. The highest BCUT2D eigenvalue weighted by Gasteiger charge is 2.28. The Labute approximate surface area is 163 Å². The number of hydrogen-bond acceptors (Lipinski definition) is 3. The van der Waals surface area contributed by atoms with Crippen molar-refractivity contribution in [3.8, 4) is 5.69 Å². The molecule has 3 aromatic rings. The predicted octanol–water partition coefficient (Wildman–Crippen LogP) is 4.60. The van der Waals surface area contributed by atoms with Crippen molar-refractivity contribution in [3.63, 3.8) is 0 Å². The minimum absolute atomic E-state index is 0.0754. The van der Waals surface area contributed by atoms with Gasteiger partial charge in [-0.15, -0.1) is 11.3 Å². The van der Waals surface area contributed by atoms with Crippen molar-refractivity contribution in [1.82, 2.24) is 14.7 Å². The van der Waals surface area contributed by atoms with Crippen LogP contribution < -0.4 is 0 Å². The Morgan fingerprint density at radius 2 is 2.04 bits per heavy atom. The second kappa shape index (κ2) is 6.96. The summed E-state index contributed by atoms with van der Waals surface area (Å²) in [6.07, 6.45) is 2.75. The minimum Gasteiger partial charge on any atom is -0.335 e. The van der Waals surface area contributed by atoms with E-state index in [1.165, 1.54) is 12.1 Å². The molecule has 1 aliphatic carbocycles. The quantitative estimate of drug-likeness (QED) is 0.602. The van der Waals surface area contributed by atoms with Crippen LogP contribution in [0.4, 0.5) is 4.39 Å². The van der Waals surface area contributed by atoms with Crippen LogP contribution >= 0.6 is 27.3 Å². The first-order chi connectivity index (χ1) is 12.5. The van der Waals surface area contributed by atoms with Crippen LogP contribution in [0.2, 0.25) is 0 Å². The van der Waals surface area contributed by atoms with Gasteiger partial charge in [-0.2, -0.15) is 5.10 Å². The number of thiophene rings is 1. The molecule has 0 radical (unpaired) electrons. The third-order valence-electron chi connectivity index (χ3n) is 4.57. The summed E-state index contributed by atoms with van der Waals surface area (Å²) in [7, 11) is 1.80. The largest absolute Gasteiger partial charge is 0.335 e. The van der Waals surface area contributed by atoms with E-state index >= 15 is 0 Å². The number of amides is 1. The van der Waals surface area contributed by atoms with E-state index in [-0.39, 0.29) is 11.7 Å². The first kappa shape index (κ1) is 17.4. The highest BCUT2D eigenvalue weighted by atomic mass is 79.9. The number of halogens is 2. The van der Waals surface area contributed by atoms with Crippen LogP contribution in [-0.2, 0) is 19.4 Å². The van der Waals surface area contributed by atoms with Crippen LogP contribution in [-0.4, -0.2) is 27.6 Å². The highest BCUT2D eigenvalue weighted by Crippen LogP contribution is 2.29. The molecule has 0 atom stereocenters. The number of aromatic nitrogens is 2. The molecule has 0 saturated carbocycles. The van der Waals surface area contributed by atoms with Gasteiger partial charge < -0.3 is 4.90 Å². The fraction of sp³-hybridized carbons (Fsp3) is 0.263. The molecular weight excluding hydrogens is 417 g/mol. The van der Waals surface area contributed by atoms with Crippen molar-refractivity contribution < 1.29 is 9.18 Å². The fourth-order valence-corrected chi connectivity index (χ4v) is 4.86. The Balaban J connectivity index is 1.65. The molecule has 7 heteroatoms. The average molecular weight is 434 g/mol. The van der Waals surface area contributed by atoms with Gasteiger partial charge in [0.1, 0.15) is 5.82 Å². The maximum atomic E-state index is 13.2. The van der Waals surface area contributed by atoms with Crippen molar-refractivity contribution >= 4 is 33.2 Å². The summed E-state index contributed by atoms with van der Waals surface area (Å²) in [5, 5.41) is 4.60. The Morgan fingerprint density at radius 3 is 2.73 bits per heavy atom. The van der Waals surface area contributed by atoms with Gasteiger partial charge in [-0.25, -0.2) is 9.07 Å². The van der Waals surface area contributed by atoms with Gasteiger partial charge in [0.05, 0.1) is 16.0 Å². The first-order valence-corrected chi connectivity index (χ1v) is 10.0. The third-order valence-corrected chi connectivity index (χ3v) is 6.18. The standard InChI is InChI=1S/C19H17BrFN3OS/c1-23(11-14-9-10-17(20)26-14)19(25)18-15-3-2-4-16(15)24(22-18)13-7-5-12(21)6-8-13/h5-10H,2-4,11H2,1H3. The number of fused-ring (bicyclic) bond motifs is 1. The molecule has 0 spiro atoms. The third kappa shape index (κ3) is 3.21. The number of rotatable bonds is 4. The first-order valence-electron chi connectivity index (χ1n) is 8.39. The van der Waals surface area contributed by atoms with E-state index in [0.29, 0.717) is 12.2 Å². The van der Waals surface area contributed by atoms with Crippen LogP contribution in [0.15, 0.2) is 40.2 Å². The van der Waals surface area contributed by atoms with Crippen molar-refractivity contribution in [2.24, 2.45) is 0 Å². The van der Waals surface area contributed by atoms with E-state index in [2.05, 4.69) is 21.0 Å². The molecule has 4 rings (SSSR count). The van der Waals surface area contributed by atoms with Gasteiger partial charge in [-0.05, 0) is 71.6 Å². The number of carbonyl (C=O) groups is 1. The second-order valence-corrected chi connectivity index (χ2v) is 8.93. The summed E-state index contributed by atoms with van der Waals surface area (Å²) in [5.41, 5.74) is 3.39. The fourth-order valence-electron chi connectivity index (χ4n) is 3.33. The maximum Gasteiger partial charge on any atom is 0.274 e. The zero-order valence-electron chi connectivity index (χ0n) is 14.2. The molecule has 2 aromatic heterocycles. The average Bonchev–Trinajstić information content (AvgIpc) is 3.32. The number of benzene rings is 1. The summed E-state index contributed by atoms with van der Waals surface area (Å²) in [6, 6.07) is 10.2. The van der Waals surface area contributed by atoms with Crippen LogP contribution in [0.5, 0.6) is 0 Å². The van der Waals surface area contributed by atoms with E-state index in [0.717, 1.165) is 44.9 Å². The van der Waals surface area contributed by atoms with Gasteiger partial charge in [-0.1, -0.05) is 0 Å². The molecule has 1 aliphatic rings. The van der Waals surface area contributed by atoms with Crippen molar-refractivity contribution in [1.29, 1.82) is 0 Å². The topological polar surface area (TPSA) is 38.1 Å². The van der Waals surface area contributed by atoms with Crippen LogP contribution in [0.3, 0.4) is 0 Å². The lowest BCUT2D eigenvalue weighted by Gasteiger charge is -2.15. The van der Waals surface area contributed by atoms with Gasteiger partial charge in [0.15, 0.2) is 5.69 Å². The molecular formula is C19H17BrFN3OS. The summed E-state index contributed by atoms with van der Waals surface area (Å²) >= 11 is 5.07.